The Balaban J connectivity index is 2.65. The van der Waals surface area contributed by atoms with Crippen molar-refractivity contribution in [3.63, 3.8) is 0 Å². The molecule has 1 fully saturated rings. The predicted molar refractivity (Wildman–Crippen MR) is 68.0 cm³/mol. The number of primary amides is 1. The molecule has 0 aromatic heterocycles. The van der Waals surface area contributed by atoms with E-state index in [1.165, 1.54) is 7.11 Å². The minimum Gasteiger partial charge on any atom is -0.378 e. The van der Waals surface area contributed by atoms with Crippen LogP contribution in [0.3, 0.4) is 0 Å². The molecule has 0 aliphatic carbocycles. The number of carbonyl (C=O) groups is 3. The van der Waals surface area contributed by atoms with Crippen LogP contribution in [0, 0.1) is 5.92 Å². The van der Waals surface area contributed by atoms with Crippen molar-refractivity contribution in [2.45, 2.75) is 31.9 Å². The van der Waals surface area contributed by atoms with Gasteiger partial charge in [-0.1, -0.05) is 6.92 Å². The zero-order valence-corrected chi connectivity index (χ0v) is 11.3. The van der Waals surface area contributed by atoms with Gasteiger partial charge in [0.25, 0.3) is 0 Å². The van der Waals surface area contributed by atoms with Crippen molar-refractivity contribution in [3.8, 4) is 0 Å². The van der Waals surface area contributed by atoms with Crippen molar-refractivity contribution in [2.24, 2.45) is 11.7 Å². The van der Waals surface area contributed by atoms with Gasteiger partial charge in [0.1, 0.15) is 0 Å². The fourth-order valence-corrected chi connectivity index (χ4v) is 2.48. The number of nitrogens with zero attached hydrogens (tertiary/aromatic N) is 1. The van der Waals surface area contributed by atoms with Crippen molar-refractivity contribution >= 4 is 18.2 Å². The van der Waals surface area contributed by atoms with Crippen LogP contribution in [0.4, 0.5) is 0 Å². The van der Waals surface area contributed by atoms with Crippen molar-refractivity contribution in [1.82, 2.24) is 10.2 Å². The number of ether oxygens (including phenoxy) is 1. The van der Waals surface area contributed by atoms with Gasteiger partial charge in [-0.3, -0.25) is 14.4 Å². The first-order valence-corrected chi connectivity index (χ1v) is 6.31. The van der Waals surface area contributed by atoms with E-state index in [-0.39, 0.29) is 24.6 Å². The normalized spacial score (nSPS) is 21.8. The van der Waals surface area contributed by atoms with E-state index >= 15 is 0 Å². The van der Waals surface area contributed by atoms with Crippen molar-refractivity contribution in [2.75, 3.05) is 20.2 Å². The van der Waals surface area contributed by atoms with Crippen LogP contribution >= 0.6 is 0 Å². The lowest BCUT2D eigenvalue weighted by Gasteiger charge is -2.31. The molecule has 7 nitrogen and oxygen atoms in total. The van der Waals surface area contributed by atoms with Crippen LogP contribution in [-0.2, 0) is 19.1 Å². The maximum atomic E-state index is 11.9. The molecule has 0 spiro atoms. The lowest BCUT2D eigenvalue weighted by molar-refractivity contribution is -0.134. The van der Waals surface area contributed by atoms with Crippen molar-refractivity contribution < 1.29 is 19.1 Å². The van der Waals surface area contributed by atoms with Gasteiger partial charge < -0.3 is 20.7 Å². The second kappa shape index (κ2) is 7.08. The number of nitrogens with one attached hydrogen (secondary N) is 1. The van der Waals surface area contributed by atoms with E-state index in [9.17, 15) is 14.4 Å². The highest BCUT2D eigenvalue weighted by atomic mass is 16.5. The lowest BCUT2D eigenvalue weighted by atomic mass is 9.95. The minimum absolute atomic E-state index is 0.100. The summed E-state index contributed by atoms with van der Waals surface area (Å²) in [6.07, 6.45) is 2.11. The average Bonchev–Trinajstić information content (AvgIpc) is 2.84. The molecule has 1 heterocycles. The number of amides is 3. The molecule has 3 atom stereocenters. The van der Waals surface area contributed by atoms with E-state index < -0.39 is 11.8 Å². The largest absolute Gasteiger partial charge is 0.378 e. The number of rotatable bonds is 7. The molecule has 0 aromatic rings. The minimum atomic E-state index is -0.593. The molecule has 3 unspecified atom stereocenters. The third kappa shape index (κ3) is 3.92. The van der Waals surface area contributed by atoms with Gasteiger partial charge in [0.05, 0.1) is 24.6 Å². The summed E-state index contributed by atoms with van der Waals surface area (Å²) in [5, 5.41) is 2.45. The zero-order chi connectivity index (χ0) is 14.4. The molecule has 1 aliphatic heterocycles. The molecule has 0 saturated carbocycles. The number of hydrogen-bond donors (Lipinski definition) is 2. The molecule has 19 heavy (non-hydrogen) atoms. The highest BCUT2D eigenvalue weighted by Crippen LogP contribution is 2.24. The Bertz CT molecular complexity index is 348. The highest BCUT2D eigenvalue weighted by Gasteiger charge is 2.37. The average molecular weight is 271 g/mol. The van der Waals surface area contributed by atoms with Gasteiger partial charge in [-0.25, -0.2) is 0 Å². The van der Waals surface area contributed by atoms with Crippen LogP contribution in [-0.4, -0.2) is 55.5 Å². The van der Waals surface area contributed by atoms with E-state index in [1.807, 2.05) is 0 Å². The summed E-state index contributed by atoms with van der Waals surface area (Å²) in [5.41, 5.74) is 4.98. The van der Waals surface area contributed by atoms with Crippen LogP contribution < -0.4 is 11.1 Å². The summed E-state index contributed by atoms with van der Waals surface area (Å²) in [6, 6.07) is -0.100. The molecule has 1 rings (SSSR count). The summed E-state index contributed by atoms with van der Waals surface area (Å²) in [4.78, 5) is 35.1. The van der Waals surface area contributed by atoms with Gasteiger partial charge in [0.2, 0.25) is 18.2 Å². The molecular weight excluding hydrogens is 250 g/mol. The monoisotopic (exact) mass is 271 g/mol. The number of likely N-dealkylation sites (tertiary alicyclic amines) is 1. The SMILES string of the molecule is COC(C(C)C(=O)NCC(N)=O)C1CCCN1C=O. The van der Waals surface area contributed by atoms with Gasteiger partial charge >= 0.3 is 0 Å². The predicted octanol–water partition coefficient (Wildman–Crippen LogP) is -1.14. The third-order valence-corrected chi connectivity index (χ3v) is 3.47. The van der Waals surface area contributed by atoms with E-state index in [0.717, 1.165) is 19.3 Å². The number of hydrogen-bond acceptors (Lipinski definition) is 4. The Hall–Kier alpha value is -1.63. The fourth-order valence-electron chi connectivity index (χ4n) is 2.48. The van der Waals surface area contributed by atoms with Crippen molar-refractivity contribution in [1.29, 1.82) is 0 Å². The topological polar surface area (TPSA) is 102 Å². The lowest BCUT2D eigenvalue weighted by Crippen LogP contribution is -2.48. The molecular formula is C12H21N3O4. The maximum absolute atomic E-state index is 11.9. The molecule has 1 saturated heterocycles. The van der Waals surface area contributed by atoms with E-state index in [0.29, 0.717) is 6.54 Å². The van der Waals surface area contributed by atoms with E-state index in [4.69, 9.17) is 10.5 Å². The molecule has 3 N–H and O–H groups in total. The summed E-state index contributed by atoms with van der Waals surface area (Å²) in [5.74, 6) is -1.36. The van der Waals surface area contributed by atoms with Crippen LogP contribution in [0.2, 0.25) is 0 Å². The summed E-state index contributed by atoms with van der Waals surface area (Å²) < 4.78 is 5.38. The van der Waals surface area contributed by atoms with Crippen LogP contribution in [0.1, 0.15) is 19.8 Å². The van der Waals surface area contributed by atoms with E-state index in [1.54, 1.807) is 11.8 Å². The molecule has 7 heteroatoms. The maximum Gasteiger partial charge on any atom is 0.236 e. The Kier molecular flexibility index (Phi) is 5.75. The second-order valence-electron chi connectivity index (χ2n) is 4.73. The van der Waals surface area contributed by atoms with Crippen LogP contribution in [0.5, 0.6) is 0 Å². The highest BCUT2D eigenvalue weighted by molar-refractivity contribution is 5.85. The molecule has 3 amide bonds. The first-order chi connectivity index (χ1) is 9.01. The Morgan fingerprint density at radius 1 is 1.58 bits per heavy atom. The molecule has 0 aromatic carbocycles. The number of nitrogens with two attached hydrogens (primary N) is 1. The summed E-state index contributed by atoms with van der Waals surface area (Å²) in [7, 11) is 1.52. The number of methoxy groups -OCH3 is 1. The van der Waals surface area contributed by atoms with E-state index in [2.05, 4.69) is 5.32 Å². The fraction of sp³-hybridized carbons (Fsp3) is 0.750. The smallest absolute Gasteiger partial charge is 0.236 e. The Morgan fingerprint density at radius 3 is 2.79 bits per heavy atom. The molecule has 0 radical (unpaired) electrons. The molecule has 0 bridgehead atoms. The van der Waals surface area contributed by atoms with Gasteiger partial charge in [-0.2, -0.15) is 0 Å². The quantitative estimate of drug-likeness (QED) is 0.571. The third-order valence-electron chi connectivity index (χ3n) is 3.47. The van der Waals surface area contributed by atoms with Gasteiger partial charge in [0, 0.05) is 13.7 Å². The zero-order valence-electron chi connectivity index (χ0n) is 11.3. The summed E-state index contributed by atoms with van der Waals surface area (Å²) >= 11 is 0. The second-order valence-corrected chi connectivity index (χ2v) is 4.73. The van der Waals surface area contributed by atoms with Gasteiger partial charge in [-0.15, -0.1) is 0 Å². The summed E-state index contributed by atoms with van der Waals surface area (Å²) in [6.45, 7) is 2.21. The first-order valence-electron chi connectivity index (χ1n) is 6.31. The molecule has 108 valence electrons. The van der Waals surface area contributed by atoms with Crippen LogP contribution in [0.15, 0.2) is 0 Å². The van der Waals surface area contributed by atoms with Gasteiger partial charge in [0.15, 0.2) is 0 Å². The first kappa shape index (κ1) is 15.4. The van der Waals surface area contributed by atoms with Gasteiger partial charge in [-0.05, 0) is 12.8 Å². The number of carbonyl (C=O) groups excluding carboxylic acids is 3. The standard InChI is InChI=1S/C12H21N3O4/c1-8(12(18)14-6-10(13)17)11(19-2)9-4-3-5-15(9)7-16/h7-9,11H,3-6H2,1-2H3,(H2,13,17)(H,14,18). The van der Waals surface area contributed by atoms with Crippen molar-refractivity contribution in [3.05, 3.63) is 0 Å². The Morgan fingerprint density at radius 2 is 2.26 bits per heavy atom. The molecule has 1 aliphatic rings. The Labute approximate surface area is 112 Å². The van der Waals surface area contributed by atoms with Crippen LogP contribution in [0.25, 0.3) is 0 Å².